The van der Waals surface area contributed by atoms with Gasteiger partial charge in [0.2, 0.25) is 0 Å². The van der Waals surface area contributed by atoms with Crippen LogP contribution in [0.5, 0.6) is 0 Å². The summed E-state index contributed by atoms with van der Waals surface area (Å²) in [6.07, 6.45) is 0. The van der Waals surface area contributed by atoms with Crippen LogP contribution in [-0.4, -0.2) is 13.4 Å². The van der Waals surface area contributed by atoms with Crippen LogP contribution in [0.25, 0.3) is 22.0 Å². The summed E-state index contributed by atoms with van der Waals surface area (Å²) in [5, 5.41) is 0.973. The molecule has 4 nitrogen and oxygen atoms in total. The number of H-pyrrole nitrogens is 1. The van der Waals surface area contributed by atoms with Crippen LogP contribution in [-0.2, 0) is 10.0 Å². The first kappa shape index (κ1) is 16.4. The molecule has 0 aliphatic heterocycles. The Morgan fingerprint density at radius 3 is 2.19 bits per heavy atom. The topological polar surface area (TPSA) is 62.0 Å². The molecule has 1 aromatic heterocycles. The third-order valence-electron chi connectivity index (χ3n) is 4.34. The summed E-state index contributed by atoms with van der Waals surface area (Å²) in [6.45, 7) is 1.93. The number of rotatable bonds is 4. The first-order chi connectivity index (χ1) is 12.5. The molecule has 0 aliphatic rings. The second-order valence-electron chi connectivity index (χ2n) is 6.21. The third-order valence-corrected chi connectivity index (χ3v) is 5.70. The summed E-state index contributed by atoms with van der Waals surface area (Å²) in [5.41, 5.74) is 3.69. The standard InChI is InChI=1S/C21H18N2O2S/c1-15-11-13-17(14-12-15)26(24,25)23-21-20(16-7-3-2-4-8-16)18-9-5-6-10-19(18)22-21/h2-14,22-23H,1H3. The van der Waals surface area contributed by atoms with Gasteiger partial charge >= 0.3 is 0 Å². The molecule has 26 heavy (non-hydrogen) atoms. The zero-order chi connectivity index (χ0) is 18.1. The highest BCUT2D eigenvalue weighted by atomic mass is 32.2. The van der Waals surface area contributed by atoms with Crippen molar-refractivity contribution in [2.45, 2.75) is 11.8 Å². The maximum absolute atomic E-state index is 12.8. The van der Waals surface area contributed by atoms with Gasteiger partial charge in [-0.3, -0.25) is 4.72 Å². The van der Waals surface area contributed by atoms with Crippen LogP contribution in [0.4, 0.5) is 5.82 Å². The van der Waals surface area contributed by atoms with Crippen molar-refractivity contribution in [1.82, 2.24) is 4.98 Å². The Kier molecular flexibility index (Phi) is 4.01. The fourth-order valence-electron chi connectivity index (χ4n) is 3.03. The van der Waals surface area contributed by atoms with Crippen LogP contribution in [0.1, 0.15) is 5.56 Å². The Morgan fingerprint density at radius 1 is 0.808 bits per heavy atom. The maximum atomic E-state index is 12.8. The number of sulfonamides is 1. The molecule has 2 N–H and O–H groups in total. The summed E-state index contributed by atoms with van der Waals surface area (Å²) in [5.74, 6) is 0.470. The number of benzene rings is 3. The van der Waals surface area contributed by atoms with Crippen molar-refractivity contribution < 1.29 is 8.42 Å². The number of aromatic amines is 1. The van der Waals surface area contributed by atoms with Gasteiger partial charge in [0.15, 0.2) is 0 Å². The minimum atomic E-state index is -3.69. The third kappa shape index (κ3) is 2.97. The number of anilines is 1. The highest BCUT2D eigenvalue weighted by Crippen LogP contribution is 2.36. The average molecular weight is 362 g/mol. The van der Waals surface area contributed by atoms with Gasteiger partial charge in [-0.25, -0.2) is 8.42 Å². The lowest BCUT2D eigenvalue weighted by molar-refractivity contribution is 0.601. The molecule has 4 aromatic rings. The molecule has 1 heterocycles. The van der Waals surface area contributed by atoms with Gasteiger partial charge in [-0.15, -0.1) is 0 Å². The van der Waals surface area contributed by atoms with Gasteiger partial charge in [0, 0.05) is 16.5 Å². The quantitative estimate of drug-likeness (QED) is 0.540. The van der Waals surface area contributed by atoms with Gasteiger partial charge < -0.3 is 4.98 Å². The van der Waals surface area contributed by atoms with Gasteiger partial charge in [0.05, 0.1) is 4.90 Å². The van der Waals surface area contributed by atoms with E-state index < -0.39 is 10.0 Å². The van der Waals surface area contributed by atoms with Crippen molar-refractivity contribution in [3.8, 4) is 11.1 Å². The van der Waals surface area contributed by atoms with Crippen LogP contribution in [0.3, 0.4) is 0 Å². The van der Waals surface area contributed by atoms with Crippen LogP contribution in [0.15, 0.2) is 83.8 Å². The van der Waals surface area contributed by atoms with E-state index in [9.17, 15) is 8.42 Å². The van der Waals surface area contributed by atoms with E-state index in [0.717, 1.165) is 27.6 Å². The molecule has 0 spiro atoms. The molecule has 0 bridgehead atoms. The molecule has 5 heteroatoms. The van der Waals surface area contributed by atoms with Gasteiger partial charge in [0.25, 0.3) is 10.0 Å². The predicted octanol–water partition coefficient (Wildman–Crippen LogP) is 4.94. The van der Waals surface area contributed by atoms with Crippen LogP contribution in [0, 0.1) is 6.92 Å². The first-order valence-corrected chi connectivity index (χ1v) is 9.78. The van der Waals surface area contributed by atoms with Crippen molar-refractivity contribution >= 4 is 26.7 Å². The SMILES string of the molecule is Cc1ccc(S(=O)(=O)Nc2[nH]c3ccccc3c2-c2ccccc2)cc1. The van der Waals surface area contributed by atoms with E-state index in [-0.39, 0.29) is 4.90 Å². The van der Waals surface area contributed by atoms with E-state index in [1.165, 1.54) is 0 Å². The minimum Gasteiger partial charge on any atom is -0.340 e. The molecule has 0 amide bonds. The number of fused-ring (bicyclic) bond motifs is 1. The van der Waals surface area contributed by atoms with E-state index >= 15 is 0 Å². The fraction of sp³-hybridized carbons (Fsp3) is 0.0476. The summed E-state index contributed by atoms with van der Waals surface area (Å²) in [7, 11) is -3.69. The number of aromatic nitrogens is 1. The van der Waals surface area contributed by atoms with E-state index in [2.05, 4.69) is 9.71 Å². The molecule has 0 unspecified atom stereocenters. The highest BCUT2D eigenvalue weighted by Gasteiger charge is 2.20. The fourth-order valence-corrected chi connectivity index (χ4v) is 4.07. The molecule has 0 saturated carbocycles. The van der Waals surface area contributed by atoms with Gasteiger partial charge in [-0.1, -0.05) is 66.2 Å². The van der Waals surface area contributed by atoms with Crippen LogP contribution >= 0.6 is 0 Å². The zero-order valence-electron chi connectivity index (χ0n) is 14.2. The molecule has 4 rings (SSSR count). The Bertz CT molecular complexity index is 1160. The van der Waals surface area contributed by atoms with E-state index in [4.69, 9.17) is 0 Å². The predicted molar refractivity (Wildman–Crippen MR) is 106 cm³/mol. The molecular formula is C21H18N2O2S. The Morgan fingerprint density at radius 2 is 1.46 bits per heavy atom. The summed E-state index contributed by atoms with van der Waals surface area (Å²) < 4.78 is 28.4. The largest absolute Gasteiger partial charge is 0.340 e. The van der Waals surface area contributed by atoms with Crippen molar-refractivity contribution in [3.05, 3.63) is 84.4 Å². The number of aryl methyl sites for hydroxylation is 1. The highest BCUT2D eigenvalue weighted by molar-refractivity contribution is 7.92. The van der Waals surface area contributed by atoms with Crippen molar-refractivity contribution in [2.75, 3.05) is 4.72 Å². The second-order valence-corrected chi connectivity index (χ2v) is 7.89. The molecular weight excluding hydrogens is 344 g/mol. The van der Waals surface area contributed by atoms with E-state index in [0.29, 0.717) is 5.82 Å². The molecule has 130 valence electrons. The van der Waals surface area contributed by atoms with Crippen LogP contribution < -0.4 is 4.72 Å². The smallest absolute Gasteiger partial charge is 0.263 e. The number of hydrogen-bond donors (Lipinski definition) is 2. The zero-order valence-corrected chi connectivity index (χ0v) is 15.0. The summed E-state index contributed by atoms with van der Waals surface area (Å²) >= 11 is 0. The Labute approximate surface area is 152 Å². The monoisotopic (exact) mass is 362 g/mol. The Hall–Kier alpha value is -3.05. The number of hydrogen-bond acceptors (Lipinski definition) is 2. The van der Waals surface area contributed by atoms with Gasteiger partial charge in [0.1, 0.15) is 5.82 Å². The van der Waals surface area contributed by atoms with E-state index in [1.54, 1.807) is 24.3 Å². The normalized spacial score (nSPS) is 11.6. The van der Waals surface area contributed by atoms with Crippen LogP contribution in [0.2, 0.25) is 0 Å². The molecule has 0 saturated heterocycles. The molecule has 0 fully saturated rings. The van der Waals surface area contributed by atoms with Gasteiger partial charge in [-0.2, -0.15) is 0 Å². The lowest BCUT2D eigenvalue weighted by atomic mass is 10.0. The second kappa shape index (κ2) is 6.35. The van der Waals surface area contributed by atoms with E-state index in [1.807, 2.05) is 61.5 Å². The average Bonchev–Trinajstić information content (AvgIpc) is 3.00. The first-order valence-electron chi connectivity index (χ1n) is 8.30. The molecule has 0 radical (unpaired) electrons. The maximum Gasteiger partial charge on any atom is 0.263 e. The molecule has 0 aliphatic carbocycles. The number of nitrogens with one attached hydrogen (secondary N) is 2. The lowest BCUT2D eigenvalue weighted by Crippen LogP contribution is -2.13. The Balaban J connectivity index is 1.85. The van der Waals surface area contributed by atoms with Crippen molar-refractivity contribution in [1.29, 1.82) is 0 Å². The minimum absolute atomic E-state index is 0.237. The number of para-hydroxylation sites is 1. The summed E-state index contributed by atoms with van der Waals surface area (Å²) in [6, 6.07) is 24.4. The molecule has 0 atom stereocenters. The van der Waals surface area contributed by atoms with Crippen molar-refractivity contribution in [2.24, 2.45) is 0 Å². The van der Waals surface area contributed by atoms with Gasteiger partial charge in [-0.05, 0) is 30.7 Å². The lowest BCUT2D eigenvalue weighted by Gasteiger charge is -2.10. The van der Waals surface area contributed by atoms with Crippen molar-refractivity contribution in [3.63, 3.8) is 0 Å². The summed E-state index contributed by atoms with van der Waals surface area (Å²) in [4.78, 5) is 3.45. The molecule has 3 aromatic carbocycles.